The maximum Gasteiger partial charge on any atom is 0.0544 e. The van der Waals surface area contributed by atoms with Gasteiger partial charge in [-0.25, -0.2) is 0 Å². The smallest absolute Gasteiger partial charge is 0.0544 e. The monoisotopic (exact) mass is 285 g/mol. The molecule has 2 aromatic rings. The summed E-state index contributed by atoms with van der Waals surface area (Å²) in [5.74, 6) is 0. The molecular weight excluding hydrogens is 277 g/mol. The molecule has 0 unspecified atom stereocenters. The van der Waals surface area contributed by atoms with E-state index in [9.17, 15) is 0 Å². The van der Waals surface area contributed by atoms with Crippen molar-refractivity contribution in [3.05, 3.63) is 57.0 Å². The maximum absolute atomic E-state index is 6.29. The summed E-state index contributed by atoms with van der Waals surface area (Å²) in [5, 5.41) is 1.88. The van der Waals surface area contributed by atoms with Gasteiger partial charge in [0, 0.05) is 27.7 Å². The van der Waals surface area contributed by atoms with Crippen LogP contribution in [0, 0.1) is 0 Å². The molecule has 2 rings (SSSR count). The highest BCUT2D eigenvalue weighted by atomic mass is 35.5. The molecule has 4 heteroatoms. The van der Waals surface area contributed by atoms with Gasteiger partial charge in [-0.15, -0.1) is 0 Å². The topological polar surface area (TPSA) is 26.0 Å². The SMILES string of the molecule is NCc1c(Cl)ccc(-c2ccc(Cl)cc2)c1Cl. The lowest BCUT2D eigenvalue weighted by Gasteiger charge is -2.10. The van der Waals surface area contributed by atoms with E-state index in [4.69, 9.17) is 40.5 Å². The fraction of sp³-hybridized carbons (Fsp3) is 0.0769. The molecule has 0 aliphatic rings. The number of nitrogens with two attached hydrogens (primary N) is 1. The van der Waals surface area contributed by atoms with Crippen molar-refractivity contribution in [2.45, 2.75) is 6.54 Å². The highest BCUT2D eigenvalue weighted by Gasteiger charge is 2.10. The molecule has 0 aliphatic heterocycles. The zero-order valence-corrected chi connectivity index (χ0v) is 11.2. The van der Waals surface area contributed by atoms with Gasteiger partial charge >= 0.3 is 0 Å². The van der Waals surface area contributed by atoms with Gasteiger partial charge in [-0.2, -0.15) is 0 Å². The van der Waals surface area contributed by atoms with Crippen LogP contribution in [0.25, 0.3) is 11.1 Å². The summed E-state index contributed by atoms with van der Waals surface area (Å²) in [6.07, 6.45) is 0. The molecule has 0 radical (unpaired) electrons. The Balaban J connectivity index is 2.56. The fourth-order valence-corrected chi connectivity index (χ4v) is 2.40. The highest BCUT2D eigenvalue weighted by molar-refractivity contribution is 6.37. The van der Waals surface area contributed by atoms with Gasteiger partial charge in [0.15, 0.2) is 0 Å². The van der Waals surface area contributed by atoms with Gasteiger partial charge in [0.1, 0.15) is 0 Å². The van der Waals surface area contributed by atoms with E-state index in [1.807, 2.05) is 30.3 Å². The van der Waals surface area contributed by atoms with Crippen molar-refractivity contribution in [1.82, 2.24) is 0 Å². The summed E-state index contributed by atoms with van der Waals surface area (Å²) in [6.45, 7) is 0.319. The first-order valence-electron chi connectivity index (χ1n) is 5.06. The van der Waals surface area contributed by atoms with E-state index < -0.39 is 0 Å². The molecular formula is C13H10Cl3N. The second kappa shape index (κ2) is 5.28. The third kappa shape index (κ3) is 2.58. The number of hydrogen-bond donors (Lipinski definition) is 1. The molecule has 0 aliphatic carbocycles. The molecule has 0 amide bonds. The van der Waals surface area contributed by atoms with E-state index in [0.717, 1.165) is 16.7 Å². The van der Waals surface area contributed by atoms with Crippen LogP contribution in [0.5, 0.6) is 0 Å². The minimum Gasteiger partial charge on any atom is -0.326 e. The number of halogens is 3. The average Bonchev–Trinajstić information content (AvgIpc) is 2.31. The second-order valence-corrected chi connectivity index (χ2v) is 4.82. The van der Waals surface area contributed by atoms with Crippen molar-refractivity contribution in [2.24, 2.45) is 5.73 Å². The van der Waals surface area contributed by atoms with Crippen molar-refractivity contribution in [3.63, 3.8) is 0 Å². The normalized spacial score (nSPS) is 10.6. The summed E-state index contributed by atoms with van der Waals surface area (Å²) in [7, 11) is 0. The molecule has 0 aromatic heterocycles. The van der Waals surface area contributed by atoms with Crippen LogP contribution in [-0.2, 0) is 6.54 Å². The predicted molar refractivity (Wildman–Crippen MR) is 74.8 cm³/mol. The minimum atomic E-state index is 0.319. The summed E-state index contributed by atoms with van der Waals surface area (Å²) in [5.41, 5.74) is 8.30. The minimum absolute atomic E-state index is 0.319. The molecule has 0 heterocycles. The lowest BCUT2D eigenvalue weighted by Crippen LogP contribution is -1.99. The van der Waals surface area contributed by atoms with Crippen LogP contribution in [0.4, 0.5) is 0 Å². The lowest BCUT2D eigenvalue weighted by molar-refractivity contribution is 1.07. The standard InChI is InChI=1S/C13H10Cl3N/c14-9-3-1-8(2-4-9)10-5-6-12(15)11(7-17)13(10)16/h1-6H,7,17H2. The molecule has 0 atom stereocenters. The zero-order chi connectivity index (χ0) is 12.4. The molecule has 17 heavy (non-hydrogen) atoms. The predicted octanol–water partition coefficient (Wildman–Crippen LogP) is 4.77. The van der Waals surface area contributed by atoms with E-state index in [1.54, 1.807) is 6.07 Å². The van der Waals surface area contributed by atoms with E-state index >= 15 is 0 Å². The Bertz CT molecular complexity index is 535. The quantitative estimate of drug-likeness (QED) is 0.845. The van der Waals surface area contributed by atoms with Gasteiger partial charge in [-0.3, -0.25) is 0 Å². The Morgan fingerprint density at radius 2 is 1.53 bits per heavy atom. The molecule has 2 N–H and O–H groups in total. The number of benzene rings is 2. The Morgan fingerprint density at radius 1 is 0.882 bits per heavy atom. The Kier molecular flexibility index (Phi) is 3.95. The molecule has 2 aromatic carbocycles. The van der Waals surface area contributed by atoms with Crippen molar-refractivity contribution in [3.8, 4) is 11.1 Å². The van der Waals surface area contributed by atoms with Gasteiger partial charge in [0.2, 0.25) is 0 Å². The van der Waals surface area contributed by atoms with Crippen LogP contribution < -0.4 is 5.73 Å². The summed E-state index contributed by atoms with van der Waals surface area (Å²) >= 11 is 18.2. The first-order valence-corrected chi connectivity index (χ1v) is 6.19. The first-order chi connectivity index (χ1) is 8.13. The third-order valence-electron chi connectivity index (χ3n) is 2.55. The van der Waals surface area contributed by atoms with Crippen molar-refractivity contribution in [1.29, 1.82) is 0 Å². The van der Waals surface area contributed by atoms with Gasteiger partial charge in [0.25, 0.3) is 0 Å². The molecule has 88 valence electrons. The van der Waals surface area contributed by atoms with E-state index in [-0.39, 0.29) is 0 Å². The van der Waals surface area contributed by atoms with Gasteiger partial charge in [-0.05, 0) is 23.8 Å². The van der Waals surface area contributed by atoms with Crippen LogP contribution >= 0.6 is 34.8 Å². The van der Waals surface area contributed by atoms with E-state index in [2.05, 4.69) is 0 Å². The molecule has 0 bridgehead atoms. The van der Waals surface area contributed by atoms with Crippen LogP contribution in [0.15, 0.2) is 36.4 Å². The maximum atomic E-state index is 6.29. The number of rotatable bonds is 2. The average molecular weight is 287 g/mol. The van der Waals surface area contributed by atoms with Crippen LogP contribution in [-0.4, -0.2) is 0 Å². The number of hydrogen-bond acceptors (Lipinski definition) is 1. The van der Waals surface area contributed by atoms with Crippen molar-refractivity contribution < 1.29 is 0 Å². The van der Waals surface area contributed by atoms with Gasteiger partial charge in [-0.1, -0.05) is 53.0 Å². The molecule has 0 spiro atoms. The van der Waals surface area contributed by atoms with Crippen LogP contribution in [0.2, 0.25) is 15.1 Å². The van der Waals surface area contributed by atoms with Gasteiger partial charge < -0.3 is 5.73 Å². The summed E-state index contributed by atoms with van der Waals surface area (Å²) in [6, 6.07) is 11.2. The molecule has 0 fully saturated rings. The molecule has 0 saturated heterocycles. The second-order valence-electron chi connectivity index (χ2n) is 3.60. The lowest BCUT2D eigenvalue weighted by atomic mass is 10.0. The van der Waals surface area contributed by atoms with Crippen molar-refractivity contribution in [2.75, 3.05) is 0 Å². The highest BCUT2D eigenvalue weighted by Crippen LogP contribution is 2.34. The first kappa shape index (κ1) is 12.7. The molecule has 0 saturated carbocycles. The van der Waals surface area contributed by atoms with E-state index in [0.29, 0.717) is 21.6 Å². The summed E-state index contributed by atoms with van der Waals surface area (Å²) < 4.78 is 0. The van der Waals surface area contributed by atoms with Crippen LogP contribution in [0.1, 0.15) is 5.56 Å². The van der Waals surface area contributed by atoms with Crippen molar-refractivity contribution >= 4 is 34.8 Å². The van der Waals surface area contributed by atoms with E-state index in [1.165, 1.54) is 0 Å². The Morgan fingerprint density at radius 3 is 2.12 bits per heavy atom. The fourth-order valence-electron chi connectivity index (χ4n) is 1.64. The zero-order valence-electron chi connectivity index (χ0n) is 8.88. The molecule has 1 nitrogen and oxygen atoms in total. The summed E-state index contributed by atoms with van der Waals surface area (Å²) in [4.78, 5) is 0. The Hall–Kier alpha value is -0.730. The van der Waals surface area contributed by atoms with Crippen LogP contribution in [0.3, 0.4) is 0 Å². The third-order valence-corrected chi connectivity index (χ3v) is 3.58. The largest absolute Gasteiger partial charge is 0.326 e. The van der Waals surface area contributed by atoms with Gasteiger partial charge in [0.05, 0.1) is 5.02 Å². The Labute approximate surface area is 115 Å².